The van der Waals surface area contributed by atoms with Gasteiger partial charge in [0.2, 0.25) is 0 Å². The van der Waals surface area contributed by atoms with E-state index in [4.69, 9.17) is 16.7 Å². The van der Waals surface area contributed by atoms with Gasteiger partial charge in [-0.3, -0.25) is 0 Å². The lowest BCUT2D eigenvalue weighted by Gasteiger charge is -2.24. The van der Waals surface area contributed by atoms with Crippen molar-refractivity contribution in [2.75, 3.05) is 24.6 Å². The zero-order valence-electron chi connectivity index (χ0n) is 12.1. The van der Waals surface area contributed by atoms with E-state index in [9.17, 15) is 0 Å². The van der Waals surface area contributed by atoms with Crippen molar-refractivity contribution < 1.29 is 5.11 Å². The molecule has 3 nitrogen and oxygen atoms in total. The summed E-state index contributed by atoms with van der Waals surface area (Å²) in [7, 11) is 0. The number of benzene rings is 1. The van der Waals surface area contributed by atoms with Crippen LogP contribution in [0.25, 0.3) is 0 Å². The van der Waals surface area contributed by atoms with Crippen LogP contribution in [0.1, 0.15) is 32.8 Å². The first-order valence-electron chi connectivity index (χ1n) is 6.96. The third-order valence-corrected chi connectivity index (χ3v) is 3.23. The Morgan fingerprint density at radius 3 is 2.58 bits per heavy atom. The normalized spacial score (nSPS) is 11.1. The molecule has 1 aromatic carbocycles. The van der Waals surface area contributed by atoms with Crippen molar-refractivity contribution in [1.82, 2.24) is 5.32 Å². The largest absolute Gasteiger partial charge is 0.395 e. The zero-order chi connectivity index (χ0) is 14.3. The van der Waals surface area contributed by atoms with Crippen LogP contribution in [0.15, 0.2) is 18.2 Å². The number of hydrogen-bond donors (Lipinski definition) is 2. The first-order chi connectivity index (χ1) is 9.08. The van der Waals surface area contributed by atoms with Crippen molar-refractivity contribution in [3.63, 3.8) is 0 Å². The maximum absolute atomic E-state index is 9.12. The second kappa shape index (κ2) is 8.41. The lowest BCUT2D eigenvalue weighted by atomic mass is 10.1. The Morgan fingerprint density at radius 1 is 1.32 bits per heavy atom. The number of halogens is 1. The molecule has 0 heterocycles. The third kappa shape index (κ3) is 5.39. The molecule has 1 rings (SSSR count). The lowest BCUT2D eigenvalue weighted by molar-refractivity contribution is 0.302. The fraction of sp³-hybridized carbons (Fsp3) is 0.600. The van der Waals surface area contributed by atoms with Crippen molar-refractivity contribution in [3.8, 4) is 0 Å². The molecule has 2 N–H and O–H groups in total. The smallest absolute Gasteiger partial charge is 0.0642 e. The topological polar surface area (TPSA) is 35.5 Å². The zero-order valence-corrected chi connectivity index (χ0v) is 12.9. The molecule has 0 atom stereocenters. The highest BCUT2D eigenvalue weighted by atomic mass is 35.5. The molecule has 4 heteroatoms. The molecular formula is C15H25ClN2O. The number of nitrogens with one attached hydrogen (secondary N) is 1. The maximum atomic E-state index is 9.12. The van der Waals surface area contributed by atoms with E-state index >= 15 is 0 Å². The number of hydrogen-bond acceptors (Lipinski definition) is 3. The second-order valence-electron chi connectivity index (χ2n) is 5.03. The third-order valence-electron chi connectivity index (χ3n) is 2.93. The quantitative estimate of drug-likeness (QED) is 0.770. The molecule has 0 amide bonds. The van der Waals surface area contributed by atoms with Crippen LogP contribution in [-0.4, -0.2) is 30.8 Å². The van der Waals surface area contributed by atoms with E-state index in [1.165, 1.54) is 5.56 Å². The van der Waals surface area contributed by atoms with Crippen molar-refractivity contribution in [2.45, 2.75) is 39.8 Å². The molecule has 0 aliphatic rings. The van der Waals surface area contributed by atoms with Gasteiger partial charge in [-0.15, -0.1) is 0 Å². The van der Waals surface area contributed by atoms with E-state index in [0.29, 0.717) is 12.6 Å². The molecule has 0 saturated heterocycles. The molecule has 0 spiro atoms. The molecular weight excluding hydrogens is 260 g/mol. The summed E-state index contributed by atoms with van der Waals surface area (Å²) < 4.78 is 0. The lowest BCUT2D eigenvalue weighted by Crippen LogP contribution is -2.27. The molecule has 19 heavy (non-hydrogen) atoms. The molecule has 0 fully saturated rings. The Balaban J connectivity index is 2.79. The van der Waals surface area contributed by atoms with Crippen LogP contribution in [0.4, 0.5) is 5.69 Å². The summed E-state index contributed by atoms with van der Waals surface area (Å²) in [6.45, 7) is 8.87. The summed E-state index contributed by atoms with van der Waals surface area (Å²) in [5.74, 6) is 0. The summed E-state index contributed by atoms with van der Waals surface area (Å²) in [6.07, 6.45) is 1.03. The molecule has 1 aromatic rings. The van der Waals surface area contributed by atoms with E-state index in [-0.39, 0.29) is 6.61 Å². The van der Waals surface area contributed by atoms with Gasteiger partial charge in [0, 0.05) is 25.7 Å². The highest BCUT2D eigenvalue weighted by Gasteiger charge is 2.10. The SMILES string of the molecule is CCCN(CCO)c1ccc(CNC(C)C)cc1Cl. The van der Waals surface area contributed by atoms with E-state index in [1.807, 2.05) is 12.1 Å². The van der Waals surface area contributed by atoms with Crippen molar-refractivity contribution in [1.29, 1.82) is 0 Å². The predicted molar refractivity (Wildman–Crippen MR) is 83.0 cm³/mol. The average Bonchev–Trinajstić information content (AvgIpc) is 2.36. The molecule has 0 unspecified atom stereocenters. The van der Waals surface area contributed by atoms with Crippen LogP contribution < -0.4 is 10.2 Å². The monoisotopic (exact) mass is 284 g/mol. The van der Waals surface area contributed by atoms with E-state index < -0.39 is 0 Å². The Bertz CT molecular complexity index is 376. The predicted octanol–water partition coefficient (Wildman–Crippen LogP) is 3.05. The molecule has 0 radical (unpaired) electrons. The van der Waals surface area contributed by atoms with Gasteiger partial charge in [0.15, 0.2) is 0 Å². The van der Waals surface area contributed by atoms with Crippen LogP contribution in [0.5, 0.6) is 0 Å². The number of aliphatic hydroxyl groups excluding tert-OH is 1. The fourth-order valence-corrected chi connectivity index (χ4v) is 2.30. The number of aliphatic hydroxyl groups is 1. The number of rotatable bonds is 8. The molecule has 0 saturated carbocycles. The summed E-state index contributed by atoms with van der Waals surface area (Å²) in [5.41, 5.74) is 2.19. The number of nitrogens with zero attached hydrogens (tertiary/aromatic N) is 1. The van der Waals surface area contributed by atoms with Crippen LogP contribution in [0, 0.1) is 0 Å². The Labute approximate surface area is 121 Å². The van der Waals surface area contributed by atoms with Gasteiger partial charge < -0.3 is 15.3 Å². The van der Waals surface area contributed by atoms with Crippen LogP contribution in [-0.2, 0) is 6.54 Å². The molecule has 108 valence electrons. The van der Waals surface area contributed by atoms with Crippen molar-refractivity contribution in [2.24, 2.45) is 0 Å². The number of anilines is 1. The first kappa shape index (κ1) is 16.3. The minimum Gasteiger partial charge on any atom is -0.395 e. The molecule has 0 bridgehead atoms. The van der Waals surface area contributed by atoms with Gasteiger partial charge >= 0.3 is 0 Å². The Morgan fingerprint density at radius 2 is 2.05 bits per heavy atom. The first-order valence-corrected chi connectivity index (χ1v) is 7.33. The minimum absolute atomic E-state index is 0.146. The van der Waals surface area contributed by atoms with E-state index in [2.05, 4.69) is 37.1 Å². The molecule has 0 aliphatic heterocycles. The highest BCUT2D eigenvalue weighted by molar-refractivity contribution is 6.33. The van der Waals surface area contributed by atoms with Crippen molar-refractivity contribution >= 4 is 17.3 Å². The molecule has 0 aliphatic carbocycles. The van der Waals surface area contributed by atoms with Crippen LogP contribution >= 0.6 is 11.6 Å². The molecule has 0 aromatic heterocycles. The van der Waals surface area contributed by atoms with Crippen molar-refractivity contribution in [3.05, 3.63) is 28.8 Å². The minimum atomic E-state index is 0.146. The summed E-state index contributed by atoms with van der Waals surface area (Å²) in [6, 6.07) is 6.61. The van der Waals surface area contributed by atoms with Crippen LogP contribution in [0.2, 0.25) is 5.02 Å². The van der Waals surface area contributed by atoms with Gasteiger partial charge in [-0.05, 0) is 24.1 Å². The van der Waals surface area contributed by atoms with Gasteiger partial charge in [0.05, 0.1) is 17.3 Å². The summed E-state index contributed by atoms with van der Waals surface area (Å²) >= 11 is 6.36. The standard InChI is InChI=1S/C15H25ClN2O/c1-4-7-18(8-9-19)15-6-5-13(10-14(15)16)11-17-12(2)3/h5-6,10,12,17,19H,4,7-9,11H2,1-3H3. The van der Waals surface area contributed by atoms with Gasteiger partial charge in [-0.25, -0.2) is 0 Å². The Hall–Kier alpha value is -0.770. The van der Waals surface area contributed by atoms with Gasteiger partial charge in [0.1, 0.15) is 0 Å². The van der Waals surface area contributed by atoms with E-state index in [1.54, 1.807) is 0 Å². The van der Waals surface area contributed by atoms with Gasteiger partial charge in [0.25, 0.3) is 0 Å². The van der Waals surface area contributed by atoms with Crippen LogP contribution in [0.3, 0.4) is 0 Å². The van der Waals surface area contributed by atoms with Gasteiger partial charge in [-0.1, -0.05) is 38.4 Å². The summed E-state index contributed by atoms with van der Waals surface area (Å²) in [5, 5.41) is 13.3. The van der Waals surface area contributed by atoms with Gasteiger partial charge in [-0.2, -0.15) is 0 Å². The maximum Gasteiger partial charge on any atom is 0.0642 e. The summed E-state index contributed by atoms with van der Waals surface area (Å²) in [4.78, 5) is 2.13. The van der Waals surface area contributed by atoms with E-state index in [0.717, 1.165) is 30.2 Å². The average molecular weight is 285 g/mol. The second-order valence-corrected chi connectivity index (χ2v) is 5.44. The highest BCUT2D eigenvalue weighted by Crippen LogP contribution is 2.27. The fourth-order valence-electron chi connectivity index (χ4n) is 1.98. The Kier molecular flexibility index (Phi) is 7.21.